The molecule has 316 valence electrons. The first-order valence-corrected chi connectivity index (χ1v) is 22.1. The van der Waals surface area contributed by atoms with E-state index >= 15 is 0 Å². The van der Waals surface area contributed by atoms with Gasteiger partial charge >= 0.3 is 5.97 Å². The van der Waals surface area contributed by atoms with Crippen molar-refractivity contribution in [1.82, 2.24) is 20.1 Å². The average Bonchev–Trinajstić information content (AvgIpc) is 3.79. The minimum absolute atomic E-state index is 0.127. The van der Waals surface area contributed by atoms with Gasteiger partial charge in [-0.05, 0) is 45.7 Å². The predicted octanol–water partition coefficient (Wildman–Crippen LogP) is 8.47. The van der Waals surface area contributed by atoms with Crippen LogP contribution in [0.25, 0.3) is 0 Å². The van der Waals surface area contributed by atoms with Crippen molar-refractivity contribution in [3.8, 4) is 0 Å². The van der Waals surface area contributed by atoms with Crippen molar-refractivity contribution in [2.75, 3.05) is 25.2 Å². The Kier molecular flexibility index (Phi) is 13.0. The standard InChI is InChI=1S/C50H44N6O5S2/c1-4-60-54-41(40-33-63-49(51-40)53-50(37-24-14-7-15-25-37,38-26-16-8-17-27-38)39-28-18-9-19-29-39)45(57)52-42-46(58)56-43(36(30-31-55(2)3)32-62-47(42)56)48(59)61-44(34-20-10-5-11-21-34)35-22-12-6-13-23-35/h4-31,33,42,44,47H,1,32H2,2-3H3,(H,51,53)(H,52,57). The Labute approximate surface area is 374 Å². The highest BCUT2D eigenvalue weighted by Crippen LogP contribution is 2.43. The average molecular weight is 873 g/mol. The number of amides is 2. The van der Waals surface area contributed by atoms with Crippen molar-refractivity contribution in [3.63, 3.8) is 0 Å². The Hall–Kier alpha value is -7.22. The number of β-lactam (4-membered cyclic amide) rings is 1. The molecule has 63 heavy (non-hydrogen) atoms. The van der Waals surface area contributed by atoms with Crippen LogP contribution in [-0.4, -0.2) is 69.5 Å². The zero-order valence-electron chi connectivity index (χ0n) is 34.5. The molecule has 11 nitrogen and oxygen atoms in total. The first-order valence-electron chi connectivity index (χ1n) is 20.2. The van der Waals surface area contributed by atoms with Crippen molar-refractivity contribution in [3.05, 3.63) is 227 Å². The number of aromatic nitrogens is 1. The van der Waals surface area contributed by atoms with Crippen molar-refractivity contribution in [1.29, 1.82) is 0 Å². The maximum absolute atomic E-state index is 14.4. The van der Waals surface area contributed by atoms with Crippen LogP contribution in [-0.2, 0) is 29.5 Å². The number of ether oxygens (including phenoxy) is 1. The van der Waals surface area contributed by atoms with Gasteiger partial charge in [0, 0.05) is 25.2 Å². The molecule has 2 N–H and O–H groups in total. The van der Waals surface area contributed by atoms with E-state index in [2.05, 4.69) is 58.8 Å². The quantitative estimate of drug-likeness (QED) is 0.0246. The second kappa shape index (κ2) is 19.2. The molecule has 0 aliphatic carbocycles. The third kappa shape index (κ3) is 8.92. The summed E-state index contributed by atoms with van der Waals surface area (Å²) in [5.74, 6) is -1.43. The van der Waals surface area contributed by atoms with Gasteiger partial charge in [0.2, 0.25) is 0 Å². The van der Waals surface area contributed by atoms with Crippen LogP contribution in [0.2, 0.25) is 0 Å². The number of thioether (sulfide) groups is 1. The fraction of sp³-hybridized carbons (Fsp3) is 0.140. The van der Waals surface area contributed by atoms with E-state index < -0.39 is 40.8 Å². The van der Waals surface area contributed by atoms with Gasteiger partial charge in [-0.2, -0.15) is 0 Å². The van der Waals surface area contributed by atoms with Crippen LogP contribution in [0.3, 0.4) is 0 Å². The molecule has 2 aliphatic heterocycles. The van der Waals surface area contributed by atoms with Gasteiger partial charge in [0.25, 0.3) is 11.8 Å². The lowest BCUT2D eigenvalue weighted by Gasteiger charge is -2.49. The lowest BCUT2D eigenvalue weighted by atomic mass is 9.77. The van der Waals surface area contributed by atoms with Crippen LogP contribution >= 0.6 is 23.1 Å². The Morgan fingerprint density at radius 1 is 0.841 bits per heavy atom. The Balaban J connectivity index is 1.07. The predicted molar refractivity (Wildman–Crippen MR) is 248 cm³/mol. The molecule has 2 amide bonds. The lowest BCUT2D eigenvalue weighted by molar-refractivity contribution is -0.154. The third-order valence-electron chi connectivity index (χ3n) is 10.6. The number of nitrogens with zero attached hydrogens (tertiary/aromatic N) is 4. The highest BCUT2D eigenvalue weighted by Gasteiger charge is 2.55. The van der Waals surface area contributed by atoms with E-state index in [-0.39, 0.29) is 17.1 Å². The van der Waals surface area contributed by atoms with Gasteiger partial charge in [0.1, 0.15) is 34.6 Å². The monoisotopic (exact) mass is 872 g/mol. The van der Waals surface area contributed by atoms with Crippen LogP contribution in [0.15, 0.2) is 199 Å². The van der Waals surface area contributed by atoms with Crippen molar-refractivity contribution in [2.45, 2.75) is 23.1 Å². The number of rotatable bonds is 16. The number of fused-ring (bicyclic) bond motifs is 1. The van der Waals surface area contributed by atoms with Gasteiger partial charge in [-0.3, -0.25) is 14.5 Å². The van der Waals surface area contributed by atoms with E-state index in [4.69, 9.17) is 14.6 Å². The van der Waals surface area contributed by atoms with E-state index in [0.717, 1.165) is 34.1 Å². The number of allylic oxidation sites excluding steroid dienone is 1. The van der Waals surface area contributed by atoms with Crippen LogP contribution in [0, 0.1) is 0 Å². The zero-order valence-corrected chi connectivity index (χ0v) is 36.2. The molecule has 0 bridgehead atoms. The number of carbonyl (C=O) groups excluding carboxylic acids is 3. The Morgan fingerprint density at radius 2 is 1.37 bits per heavy atom. The number of oxime groups is 1. The Bertz CT molecular complexity index is 2520. The molecule has 1 saturated heterocycles. The number of anilines is 1. The fourth-order valence-corrected chi connectivity index (χ4v) is 9.70. The number of nitrogens with one attached hydrogen (secondary N) is 2. The third-order valence-corrected chi connectivity index (χ3v) is 12.6. The summed E-state index contributed by atoms with van der Waals surface area (Å²) in [4.78, 5) is 56.2. The normalized spacial score (nSPS) is 16.3. The maximum Gasteiger partial charge on any atom is 0.356 e. The molecule has 0 saturated carbocycles. The van der Waals surface area contributed by atoms with E-state index in [9.17, 15) is 14.4 Å². The lowest BCUT2D eigenvalue weighted by Crippen LogP contribution is -2.71. The SMILES string of the molecule is C=CON=C(C(=O)NC1C(=O)N2C(C(=O)OC(c3ccccc3)c3ccccc3)=C(C=CN(C)C)CSC12)c1csc(NC(c2ccccc2)(c2ccccc2)c2ccccc2)n1. The van der Waals surface area contributed by atoms with Crippen LogP contribution in [0.1, 0.15) is 39.6 Å². The van der Waals surface area contributed by atoms with Crippen LogP contribution in [0.4, 0.5) is 5.13 Å². The summed E-state index contributed by atoms with van der Waals surface area (Å²) in [6.07, 6.45) is 4.00. The van der Waals surface area contributed by atoms with Gasteiger partial charge in [0.05, 0.1) is 0 Å². The van der Waals surface area contributed by atoms with Gasteiger partial charge in [-0.25, -0.2) is 9.78 Å². The van der Waals surface area contributed by atoms with Gasteiger partial charge in [0.15, 0.2) is 16.9 Å². The number of hydrogen-bond acceptors (Lipinski definition) is 11. The molecular formula is C50H44N6O5S2. The summed E-state index contributed by atoms with van der Waals surface area (Å²) in [6, 6.07) is 48.2. The van der Waals surface area contributed by atoms with Gasteiger partial charge < -0.3 is 25.1 Å². The number of hydrogen-bond donors (Lipinski definition) is 2. The smallest absolute Gasteiger partial charge is 0.356 e. The second-order valence-electron chi connectivity index (χ2n) is 14.8. The van der Waals surface area contributed by atoms with Crippen LogP contribution < -0.4 is 10.6 Å². The van der Waals surface area contributed by atoms with E-state index in [1.54, 1.807) is 5.38 Å². The Morgan fingerprint density at radius 3 is 1.87 bits per heavy atom. The molecule has 1 aromatic heterocycles. The zero-order chi connectivity index (χ0) is 43.8. The summed E-state index contributed by atoms with van der Waals surface area (Å²) >= 11 is 2.73. The molecular weight excluding hydrogens is 829 g/mol. The topological polar surface area (TPSA) is 125 Å². The number of carbonyl (C=O) groups is 3. The number of esters is 1. The van der Waals surface area contributed by atoms with Crippen molar-refractivity contribution >= 4 is 51.7 Å². The molecule has 13 heteroatoms. The maximum atomic E-state index is 14.4. The minimum atomic E-state index is -0.990. The molecule has 3 heterocycles. The molecule has 0 spiro atoms. The highest BCUT2D eigenvalue weighted by molar-refractivity contribution is 8.00. The molecule has 5 aromatic carbocycles. The summed E-state index contributed by atoms with van der Waals surface area (Å²) in [6.45, 7) is 3.60. The molecule has 2 unspecified atom stereocenters. The van der Waals surface area contributed by atoms with Gasteiger partial charge in [-0.1, -0.05) is 163 Å². The van der Waals surface area contributed by atoms with Crippen molar-refractivity contribution < 1.29 is 24.0 Å². The molecule has 8 rings (SSSR count). The number of thiazole rings is 1. The van der Waals surface area contributed by atoms with Crippen LogP contribution in [0.5, 0.6) is 0 Å². The second-order valence-corrected chi connectivity index (χ2v) is 16.8. The first-order chi connectivity index (χ1) is 30.8. The van der Waals surface area contributed by atoms with Crippen molar-refractivity contribution in [2.24, 2.45) is 5.16 Å². The van der Waals surface area contributed by atoms with Gasteiger partial charge in [-0.15, -0.1) is 23.1 Å². The van der Waals surface area contributed by atoms with E-state index in [0.29, 0.717) is 16.5 Å². The molecule has 2 aliphatic rings. The summed E-state index contributed by atoms with van der Waals surface area (Å²) in [7, 11) is 3.75. The summed E-state index contributed by atoms with van der Waals surface area (Å²) in [5, 5.41) is 12.3. The molecule has 0 radical (unpaired) electrons. The summed E-state index contributed by atoms with van der Waals surface area (Å²) in [5.41, 5.74) is 4.44. The summed E-state index contributed by atoms with van der Waals surface area (Å²) < 4.78 is 6.29. The first kappa shape index (κ1) is 42.5. The minimum Gasteiger partial charge on any atom is -0.448 e. The molecule has 1 fully saturated rings. The van der Waals surface area contributed by atoms with E-state index in [1.807, 2.05) is 147 Å². The molecule has 2 atom stereocenters. The largest absolute Gasteiger partial charge is 0.448 e. The van der Waals surface area contributed by atoms with E-state index in [1.165, 1.54) is 28.0 Å². The molecule has 6 aromatic rings. The number of benzene rings is 5. The fourth-order valence-electron chi connectivity index (χ4n) is 7.63. The highest BCUT2D eigenvalue weighted by atomic mass is 32.2.